The molecule has 2 N–H and O–H groups in total. The van der Waals surface area contributed by atoms with E-state index in [-0.39, 0.29) is 5.75 Å². The lowest BCUT2D eigenvalue weighted by atomic mass is 10.1. The zero-order valence-electron chi connectivity index (χ0n) is 13.5. The summed E-state index contributed by atoms with van der Waals surface area (Å²) in [4.78, 5) is 0. The second-order valence-corrected chi connectivity index (χ2v) is 6.52. The minimum absolute atomic E-state index is 0.0418. The Balaban J connectivity index is 2.04. The molecule has 0 aliphatic heterocycles. The molecule has 0 saturated heterocycles. The number of phenolic OH excluding ortho intramolecular Hbond substituents is 1. The van der Waals surface area contributed by atoms with Crippen LogP contribution in [-0.2, 0) is 0 Å². The molecule has 0 aliphatic carbocycles. The molecule has 128 valence electrons. The molecule has 0 spiro atoms. The van der Waals surface area contributed by atoms with Crippen LogP contribution in [0.3, 0.4) is 0 Å². The lowest BCUT2D eigenvalue weighted by molar-refractivity contribution is 0.372. The van der Waals surface area contributed by atoms with Crippen LogP contribution in [0.25, 0.3) is 11.4 Å². The summed E-state index contributed by atoms with van der Waals surface area (Å²) in [5.74, 6) is 1.02. The molecule has 0 amide bonds. The fourth-order valence-corrected chi connectivity index (χ4v) is 2.98. The predicted octanol–water partition coefficient (Wildman–Crippen LogP) is 4.28. The van der Waals surface area contributed by atoms with Gasteiger partial charge in [0.2, 0.25) is 4.77 Å². The first kappa shape index (κ1) is 17.4. The quantitative estimate of drug-likeness (QED) is 0.489. The normalized spacial score (nSPS) is 11.2. The third-order valence-electron chi connectivity index (χ3n) is 3.63. The van der Waals surface area contributed by atoms with E-state index in [9.17, 15) is 5.11 Å². The highest BCUT2D eigenvalue weighted by Crippen LogP contribution is 2.34. The molecule has 3 rings (SSSR count). The van der Waals surface area contributed by atoms with Gasteiger partial charge in [-0.2, -0.15) is 14.9 Å². The van der Waals surface area contributed by atoms with Crippen molar-refractivity contribution in [2.45, 2.75) is 6.92 Å². The van der Waals surface area contributed by atoms with E-state index in [0.717, 1.165) is 16.7 Å². The summed E-state index contributed by atoms with van der Waals surface area (Å²) in [7, 11) is 1.49. The smallest absolute Gasteiger partial charge is 0.216 e. The maximum absolute atomic E-state index is 9.89. The highest BCUT2D eigenvalue weighted by molar-refractivity contribution is 9.10. The molecule has 1 aromatic heterocycles. The van der Waals surface area contributed by atoms with E-state index in [4.69, 9.17) is 17.0 Å². The molecule has 8 heteroatoms. The molecule has 6 nitrogen and oxygen atoms in total. The van der Waals surface area contributed by atoms with E-state index in [1.807, 2.05) is 31.2 Å². The van der Waals surface area contributed by atoms with Gasteiger partial charge in [0.25, 0.3) is 0 Å². The van der Waals surface area contributed by atoms with Gasteiger partial charge < -0.3 is 9.84 Å². The van der Waals surface area contributed by atoms with Gasteiger partial charge in [-0.15, -0.1) is 0 Å². The van der Waals surface area contributed by atoms with Crippen molar-refractivity contribution in [1.82, 2.24) is 14.9 Å². The molecule has 2 aromatic carbocycles. The van der Waals surface area contributed by atoms with Crippen molar-refractivity contribution < 1.29 is 9.84 Å². The molecule has 0 bridgehead atoms. The predicted molar refractivity (Wildman–Crippen MR) is 103 cm³/mol. The van der Waals surface area contributed by atoms with Crippen molar-refractivity contribution in [3.05, 3.63) is 56.8 Å². The third kappa shape index (κ3) is 3.49. The van der Waals surface area contributed by atoms with Gasteiger partial charge in [-0.3, -0.25) is 0 Å². The number of methoxy groups -OCH3 is 1. The van der Waals surface area contributed by atoms with Gasteiger partial charge in [-0.1, -0.05) is 24.3 Å². The summed E-state index contributed by atoms with van der Waals surface area (Å²) >= 11 is 8.58. The van der Waals surface area contributed by atoms with Crippen LogP contribution in [0.5, 0.6) is 11.5 Å². The van der Waals surface area contributed by atoms with Gasteiger partial charge in [0, 0.05) is 5.56 Å². The lowest BCUT2D eigenvalue weighted by Gasteiger charge is -2.07. The van der Waals surface area contributed by atoms with E-state index in [1.54, 1.807) is 23.0 Å². The maximum atomic E-state index is 9.89. The Labute approximate surface area is 157 Å². The van der Waals surface area contributed by atoms with Gasteiger partial charge in [0.05, 0.1) is 17.8 Å². The van der Waals surface area contributed by atoms with Crippen molar-refractivity contribution in [3.63, 3.8) is 0 Å². The molecule has 0 atom stereocenters. The number of aromatic nitrogens is 3. The summed E-state index contributed by atoms with van der Waals surface area (Å²) in [6.45, 7) is 2.00. The SMILES string of the molecule is COc1cc(C=Nn2c(-c3ccccc3C)n[nH]c2=S)cc(Br)c1O. The van der Waals surface area contributed by atoms with Crippen molar-refractivity contribution in [1.29, 1.82) is 0 Å². The Kier molecular flexibility index (Phi) is 5.00. The number of ether oxygens (including phenoxy) is 1. The van der Waals surface area contributed by atoms with E-state index in [2.05, 4.69) is 31.2 Å². The number of hydrogen-bond donors (Lipinski definition) is 2. The average molecular weight is 419 g/mol. The molecule has 0 saturated carbocycles. The molecule has 0 radical (unpaired) electrons. The lowest BCUT2D eigenvalue weighted by Crippen LogP contribution is -1.97. The number of phenols is 1. The van der Waals surface area contributed by atoms with Crippen molar-refractivity contribution in [2.75, 3.05) is 7.11 Å². The number of aromatic amines is 1. The van der Waals surface area contributed by atoms with Crippen molar-refractivity contribution in [3.8, 4) is 22.9 Å². The number of halogens is 1. The maximum Gasteiger partial charge on any atom is 0.216 e. The van der Waals surface area contributed by atoms with Gasteiger partial charge in [-0.25, -0.2) is 5.10 Å². The number of aryl methyl sites for hydroxylation is 1. The Hall–Kier alpha value is -2.45. The van der Waals surface area contributed by atoms with Gasteiger partial charge in [-0.05, 0) is 58.3 Å². The molecule has 25 heavy (non-hydrogen) atoms. The zero-order valence-corrected chi connectivity index (χ0v) is 15.9. The highest BCUT2D eigenvalue weighted by atomic mass is 79.9. The average Bonchev–Trinajstić information content (AvgIpc) is 2.96. The van der Waals surface area contributed by atoms with E-state index >= 15 is 0 Å². The molecular formula is C17H15BrN4O2S. The first-order valence-corrected chi connectivity index (χ1v) is 8.55. The molecule has 1 heterocycles. The Bertz CT molecular complexity index is 1010. The van der Waals surface area contributed by atoms with Gasteiger partial charge in [0.15, 0.2) is 17.3 Å². The molecule has 0 fully saturated rings. The Morgan fingerprint density at radius 3 is 2.84 bits per heavy atom. The summed E-state index contributed by atoms with van der Waals surface area (Å²) in [6, 6.07) is 11.3. The highest BCUT2D eigenvalue weighted by Gasteiger charge is 2.11. The van der Waals surface area contributed by atoms with Crippen molar-refractivity contribution in [2.24, 2.45) is 5.10 Å². The zero-order chi connectivity index (χ0) is 18.0. The summed E-state index contributed by atoms with van der Waals surface area (Å²) in [5, 5.41) is 21.4. The number of hydrogen-bond acceptors (Lipinski definition) is 5. The van der Waals surface area contributed by atoms with E-state index in [0.29, 0.717) is 20.8 Å². The fourth-order valence-electron chi connectivity index (χ4n) is 2.35. The molecule has 3 aromatic rings. The second kappa shape index (κ2) is 7.20. The topological polar surface area (TPSA) is 75.4 Å². The summed E-state index contributed by atoms with van der Waals surface area (Å²) < 4.78 is 7.61. The number of H-pyrrole nitrogens is 1. The third-order valence-corrected chi connectivity index (χ3v) is 4.50. The minimum atomic E-state index is 0.0418. The first-order chi connectivity index (χ1) is 12.0. The van der Waals surface area contributed by atoms with E-state index in [1.165, 1.54) is 7.11 Å². The molecule has 0 aliphatic rings. The molecular weight excluding hydrogens is 404 g/mol. The molecule has 0 unspecified atom stereocenters. The van der Waals surface area contributed by atoms with Crippen LogP contribution in [0.15, 0.2) is 46.0 Å². The number of rotatable bonds is 4. The van der Waals surface area contributed by atoms with Crippen LogP contribution >= 0.6 is 28.1 Å². The number of benzene rings is 2. The Morgan fingerprint density at radius 2 is 2.12 bits per heavy atom. The standard InChI is InChI=1S/C17H15BrN4O2S/c1-10-5-3-4-6-12(10)16-20-21-17(25)22(16)19-9-11-7-13(18)15(23)14(8-11)24-2/h3-9,23H,1-2H3,(H,21,25). The second-order valence-electron chi connectivity index (χ2n) is 5.28. The summed E-state index contributed by atoms with van der Waals surface area (Å²) in [5.41, 5.74) is 2.75. The van der Waals surface area contributed by atoms with Gasteiger partial charge >= 0.3 is 0 Å². The Morgan fingerprint density at radius 1 is 1.36 bits per heavy atom. The van der Waals surface area contributed by atoms with Crippen LogP contribution in [-0.4, -0.2) is 33.3 Å². The van der Waals surface area contributed by atoms with Crippen LogP contribution in [0.1, 0.15) is 11.1 Å². The van der Waals surface area contributed by atoms with Crippen LogP contribution in [0.2, 0.25) is 0 Å². The van der Waals surface area contributed by atoms with Gasteiger partial charge in [0.1, 0.15) is 0 Å². The van der Waals surface area contributed by atoms with Crippen LogP contribution < -0.4 is 4.74 Å². The number of nitrogens with one attached hydrogen (secondary N) is 1. The largest absolute Gasteiger partial charge is 0.503 e. The van der Waals surface area contributed by atoms with E-state index < -0.39 is 0 Å². The minimum Gasteiger partial charge on any atom is -0.503 e. The van der Waals surface area contributed by atoms with Crippen molar-refractivity contribution >= 4 is 34.4 Å². The fraction of sp³-hybridized carbons (Fsp3) is 0.118. The number of nitrogens with zero attached hydrogens (tertiary/aromatic N) is 3. The first-order valence-electron chi connectivity index (χ1n) is 7.35. The van der Waals surface area contributed by atoms with Crippen LogP contribution in [0.4, 0.5) is 0 Å². The van der Waals surface area contributed by atoms with Crippen LogP contribution in [0, 0.1) is 11.7 Å². The number of aromatic hydroxyl groups is 1. The monoisotopic (exact) mass is 418 g/mol. The summed E-state index contributed by atoms with van der Waals surface area (Å²) in [6.07, 6.45) is 1.62.